The van der Waals surface area contributed by atoms with Gasteiger partial charge in [-0.25, -0.2) is 0 Å². The van der Waals surface area contributed by atoms with Crippen LogP contribution < -0.4 is 0 Å². The number of hydrogen-bond donors (Lipinski definition) is 0. The second-order valence-electron chi connectivity index (χ2n) is 5.17. The van der Waals surface area contributed by atoms with E-state index in [4.69, 9.17) is 4.74 Å². The molecule has 0 aromatic heterocycles. The van der Waals surface area contributed by atoms with Crippen molar-refractivity contribution < 1.29 is 19.1 Å². The summed E-state index contributed by atoms with van der Waals surface area (Å²) in [5.74, 6) is -0.942. The number of benzene rings is 1. The minimum atomic E-state index is -0.380. The third-order valence-electron chi connectivity index (χ3n) is 3.89. The fourth-order valence-electron chi connectivity index (χ4n) is 3.06. The van der Waals surface area contributed by atoms with E-state index in [2.05, 4.69) is 0 Å². The summed E-state index contributed by atoms with van der Waals surface area (Å²) in [4.78, 5) is 37.2. The molecule has 20 heavy (non-hydrogen) atoms. The molecule has 1 fully saturated rings. The van der Waals surface area contributed by atoms with Gasteiger partial charge >= 0.3 is 5.97 Å². The molecule has 1 aliphatic heterocycles. The van der Waals surface area contributed by atoms with Gasteiger partial charge in [-0.1, -0.05) is 12.1 Å². The van der Waals surface area contributed by atoms with E-state index in [0.717, 1.165) is 6.42 Å². The predicted octanol–water partition coefficient (Wildman–Crippen LogP) is 1.77. The molecule has 1 aromatic carbocycles. The lowest BCUT2D eigenvalue weighted by Crippen LogP contribution is -2.45. The fraction of sp³-hybridized carbons (Fsp3) is 0.400. The van der Waals surface area contributed by atoms with Crippen LogP contribution in [-0.2, 0) is 9.53 Å². The van der Waals surface area contributed by atoms with Crippen molar-refractivity contribution in [2.45, 2.75) is 38.3 Å². The second-order valence-corrected chi connectivity index (χ2v) is 5.17. The highest BCUT2D eigenvalue weighted by Gasteiger charge is 2.45. The van der Waals surface area contributed by atoms with Gasteiger partial charge in [-0.2, -0.15) is 0 Å². The van der Waals surface area contributed by atoms with Crippen molar-refractivity contribution in [1.82, 2.24) is 4.90 Å². The first-order valence-corrected chi connectivity index (χ1v) is 6.73. The molecule has 1 aliphatic carbocycles. The fourth-order valence-corrected chi connectivity index (χ4v) is 3.06. The highest BCUT2D eigenvalue weighted by Crippen LogP contribution is 2.33. The number of amides is 2. The first kappa shape index (κ1) is 12.8. The summed E-state index contributed by atoms with van der Waals surface area (Å²) < 4.78 is 5.25. The van der Waals surface area contributed by atoms with Crippen LogP contribution in [0, 0.1) is 0 Å². The molecular formula is C15H15NO4. The van der Waals surface area contributed by atoms with Crippen molar-refractivity contribution >= 4 is 17.8 Å². The van der Waals surface area contributed by atoms with E-state index in [0.29, 0.717) is 24.0 Å². The zero-order chi connectivity index (χ0) is 14.3. The molecular weight excluding hydrogens is 258 g/mol. The molecule has 104 valence electrons. The summed E-state index contributed by atoms with van der Waals surface area (Å²) in [6.07, 6.45) is 1.84. The summed E-state index contributed by atoms with van der Waals surface area (Å²) in [5.41, 5.74) is 0.872. The van der Waals surface area contributed by atoms with Gasteiger partial charge in [-0.3, -0.25) is 19.3 Å². The number of carbonyl (C=O) groups excluding carboxylic acids is 3. The quantitative estimate of drug-likeness (QED) is 0.608. The average Bonchev–Trinajstić information content (AvgIpc) is 2.94. The maximum atomic E-state index is 12.4. The lowest BCUT2D eigenvalue weighted by Gasteiger charge is -2.27. The Morgan fingerprint density at radius 2 is 1.75 bits per heavy atom. The van der Waals surface area contributed by atoms with Crippen LogP contribution in [0.5, 0.6) is 0 Å². The van der Waals surface area contributed by atoms with Crippen LogP contribution in [0.15, 0.2) is 24.3 Å². The Hall–Kier alpha value is -2.17. The van der Waals surface area contributed by atoms with Gasteiger partial charge in [-0.05, 0) is 31.4 Å². The Kier molecular flexibility index (Phi) is 3.04. The van der Waals surface area contributed by atoms with Crippen molar-refractivity contribution in [2.75, 3.05) is 0 Å². The van der Waals surface area contributed by atoms with Crippen LogP contribution >= 0.6 is 0 Å². The number of hydrogen-bond acceptors (Lipinski definition) is 4. The Morgan fingerprint density at radius 3 is 2.30 bits per heavy atom. The third-order valence-corrected chi connectivity index (χ3v) is 3.89. The zero-order valence-corrected chi connectivity index (χ0v) is 11.2. The number of carbonyl (C=O) groups is 3. The zero-order valence-electron chi connectivity index (χ0n) is 11.2. The van der Waals surface area contributed by atoms with E-state index in [9.17, 15) is 14.4 Å². The van der Waals surface area contributed by atoms with Crippen LogP contribution in [0.2, 0.25) is 0 Å². The van der Waals surface area contributed by atoms with Crippen LogP contribution in [-0.4, -0.2) is 34.8 Å². The number of fused-ring (bicyclic) bond motifs is 1. The maximum Gasteiger partial charge on any atom is 0.302 e. The second kappa shape index (κ2) is 4.74. The number of rotatable bonds is 2. The van der Waals surface area contributed by atoms with E-state index in [1.165, 1.54) is 11.8 Å². The monoisotopic (exact) mass is 273 g/mol. The van der Waals surface area contributed by atoms with Crippen molar-refractivity contribution in [2.24, 2.45) is 0 Å². The topological polar surface area (TPSA) is 63.7 Å². The molecule has 1 aromatic rings. The molecule has 0 N–H and O–H groups in total. The number of esters is 1. The van der Waals surface area contributed by atoms with Gasteiger partial charge in [0, 0.05) is 6.92 Å². The Labute approximate surface area is 116 Å². The van der Waals surface area contributed by atoms with Crippen LogP contribution in [0.25, 0.3) is 0 Å². The van der Waals surface area contributed by atoms with Gasteiger partial charge in [0.05, 0.1) is 17.2 Å². The smallest absolute Gasteiger partial charge is 0.302 e. The number of imide groups is 1. The third kappa shape index (κ3) is 1.90. The average molecular weight is 273 g/mol. The summed E-state index contributed by atoms with van der Waals surface area (Å²) in [7, 11) is 0. The molecule has 2 unspecified atom stereocenters. The first-order chi connectivity index (χ1) is 9.59. The lowest BCUT2D eigenvalue weighted by molar-refractivity contribution is -0.147. The molecule has 0 radical (unpaired) electrons. The predicted molar refractivity (Wildman–Crippen MR) is 70.1 cm³/mol. The highest BCUT2D eigenvalue weighted by atomic mass is 16.5. The number of nitrogens with zero attached hydrogens (tertiary/aromatic N) is 1. The molecule has 5 heteroatoms. The molecule has 2 atom stereocenters. The van der Waals surface area contributed by atoms with Gasteiger partial charge in [0.1, 0.15) is 6.10 Å². The summed E-state index contributed by atoms with van der Waals surface area (Å²) in [6.45, 7) is 1.34. The minimum absolute atomic E-state index is 0.283. The molecule has 2 aliphatic rings. The summed E-state index contributed by atoms with van der Waals surface area (Å²) in [6, 6.07) is 6.46. The molecule has 0 saturated heterocycles. The Bertz CT molecular complexity index is 560. The van der Waals surface area contributed by atoms with E-state index >= 15 is 0 Å². The lowest BCUT2D eigenvalue weighted by atomic mass is 10.1. The normalized spacial score (nSPS) is 24.9. The molecule has 2 amide bonds. The largest absolute Gasteiger partial charge is 0.460 e. The number of ether oxygens (including phenoxy) is 1. The standard InChI is InChI=1S/C15H15NO4/c1-9(17)20-13-8-4-7-12(13)16-14(18)10-5-2-3-6-11(10)15(16)19/h2-3,5-6,12-13H,4,7-8H2,1H3. The molecule has 0 bridgehead atoms. The molecule has 5 nitrogen and oxygen atoms in total. The molecule has 1 saturated carbocycles. The Morgan fingerprint density at radius 1 is 1.15 bits per heavy atom. The van der Waals surface area contributed by atoms with Gasteiger partial charge in [-0.15, -0.1) is 0 Å². The van der Waals surface area contributed by atoms with E-state index < -0.39 is 0 Å². The van der Waals surface area contributed by atoms with Gasteiger partial charge in [0.25, 0.3) is 11.8 Å². The molecule has 0 spiro atoms. The van der Waals surface area contributed by atoms with Crippen molar-refractivity contribution in [3.05, 3.63) is 35.4 Å². The molecule has 3 rings (SSSR count). The summed E-state index contributed by atoms with van der Waals surface area (Å²) in [5, 5.41) is 0. The molecule has 1 heterocycles. The van der Waals surface area contributed by atoms with Crippen molar-refractivity contribution in [3.63, 3.8) is 0 Å². The minimum Gasteiger partial charge on any atom is -0.460 e. The van der Waals surface area contributed by atoms with E-state index in [1.807, 2.05) is 0 Å². The summed E-state index contributed by atoms with van der Waals surface area (Å²) >= 11 is 0. The van der Waals surface area contributed by atoms with E-state index in [-0.39, 0.29) is 29.9 Å². The SMILES string of the molecule is CC(=O)OC1CCCC1N1C(=O)c2ccccc2C1=O. The van der Waals surface area contributed by atoms with Crippen LogP contribution in [0.3, 0.4) is 0 Å². The van der Waals surface area contributed by atoms with Gasteiger partial charge in [0.2, 0.25) is 0 Å². The van der Waals surface area contributed by atoms with Gasteiger partial charge < -0.3 is 4.74 Å². The van der Waals surface area contributed by atoms with Crippen molar-refractivity contribution in [3.8, 4) is 0 Å². The highest BCUT2D eigenvalue weighted by molar-refractivity contribution is 6.21. The first-order valence-electron chi connectivity index (χ1n) is 6.73. The maximum absolute atomic E-state index is 12.4. The van der Waals surface area contributed by atoms with Gasteiger partial charge in [0.15, 0.2) is 0 Å². The van der Waals surface area contributed by atoms with E-state index in [1.54, 1.807) is 24.3 Å². The Balaban J connectivity index is 1.90. The van der Waals surface area contributed by atoms with Crippen LogP contribution in [0.4, 0.5) is 0 Å². The van der Waals surface area contributed by atoms with Crippen LogP contribution in [0.1, 0.15) is 46.9 Å². The van der Waals surface area contributed by atoms with Crippen molar-refractivity contribution in [1.29, 1.82) is 0 Å².